The van der Waals surface area contributed by atoms with E-state index in [0.29, 0.717) is 0 Å². The van der Waals surface area contributed by atoms with Crippen molar-refractivity contribution in [3.05, 3.63) is 29.8 Å². The third kappa shape index (κ3) is 1.57. The highest BCUT2D eigenvalue weighted by molar-refractivity contribution is 6.05. The van der Waals surface area contributed by atoms with Crippen molar-refractivity contribution in [2.24, 2.45) is 0 Å². The average molecular weight is 214 g/mol. The van der Waals surface area contributed by atoms with Crippen molar-refractivity contribution in [3.8, 4) is 6.07 Å². The summed E-state index contributed by atoms with van der Waals surface area (Å²) in [7, 11) is 0. The smallest absolute Gasteiger partial charge is 0.235 e. The van der Waals surface area contributed by atoms with Gasteiger partial charge in [0.15, 0.2) is 0 Å². The molecule has 0 bridgehead atoms. The molecule has 1 aliphatic rings. The Hall–Kier alpha value is -1.82. The van der Waals surface area contributed by atoms with Crippen molar-refractivity contribution in [1.29, 1.82) is 5.26 Å². The first-order valence-electron chi connectivity index (χ1n) is 5.56. The Morgan fingerprint density at radius 1 is 1.44 bits per heavy atom. The van der Waals surface area contributed by atoms with E-state index in [0.717, 1.165) is 24.2 Å². The first-order chi connectivity index (χ1) is 7.79. The molecule has 1 aliphatic heterocycles. The topological polar surface area (TPSA) is 44.1 Å². The second-order valence-corrected chi connectivity index (χ2v) is 3.96. The third-order valence-corrected chi connectivity index (χ3v) is 2.91. The van der Waals surface area contributed by atoms with Crippen molar-refractivity contribution < 1.29 is 4.79 Å². The summed E-state index contributed by atoms with van der Waals surface area (Å²) in [6, 6.07) is 9.86. The Labute approximate surface area is 95.3 Å². The Morgan fingerprint density at radius 2 is 2.19 bits per heavy atom. The van der Waals surface area contributed by atoms with Gasteiger partial charge in [0.05, 0.1) is 18.4 Å². The van der Waals surface area contributed by atoms with Gasteiger partial charge in [-0.25, -0.2) is 0 Å². The van der Waals surface area contributed by atoms with Crippen LogP contribution < -0.4 is 4.90 Å². The summed E-state index contributed by atoms with van der Waals surface area (Å²) in [6.45, 7) is 2.78. The van der Waals surface area contributed by atoms with Crippen molar-refractivity contribution in [2.45, 2.75) is 25.7 Å². The van der Waals surface area contributed by atoms with Gasteiger partial charge < -0.3 is 4.90 Å². The maximum Gasteiger partial charge on any atom is 0.235 e. The Kier molecular flexibility index (Phi) is 2.91. The molecule has 2 rings (SSSR count). The minimum absolute atomic E-state index is 0.0737. The lowest BCUT2D eigenvalue weighted by Gasteiger charge is -2.16. The van der Waals surface area contributed by atoms with Crippen LogP contribution in [0.2, 0.25) is 0 Å². The van der Waals surface area contributed by atoms with E-state index >= 15 is 0 Å². The predicted octanol–water partition coefficient (Wildman–Crippen LogP) is 2.44. The third-order valence-electron chi connectivity index (χ3n) is 2.91. The highest BCUT2D eigenvalue weighted by Crippen LogP contribution is 2.38. The lowest BCUT2D eigenvalue weighted by Crippen LogP contribution is -2.29. The minimum atomic E-state index is -0.257. The van der Waals surface area contributed by atoms with Crippen LogP contribution in [0.25, 0.3) is 0 Å². The van der Waals surface area contributed by atoms with Gasteiger partial charge in [-0.3, -0.25) is 4.79 Å². The fraction of sp³-hybridized carbons (Fsp3) is 0.385. The molecule has 16 heavy (non-hydrogen) atoms. The molecule has 0 unspecified atom stereocenters. The van der Waals surface area contributed by atoms with Crippen LogP contribution in [0.4, 0.5) is 5.69 Å². The summed E-state index contributed by atoms with van der Waals surface area (Å²) in [4.78, 5) is 13.9. The number of anilines is 1. The van der Waals surface area contributed by atoms with Crippen molar-refractivity contribution in [3.63, 3.8) is 0 Å². The number of amides is 1. The van der Waals surface area contributed by atoms with E-state index in [-0.39, 0.29) is 18.2 Å². The number of nitriles is 1. The van der Waals surface area contributed by atoms with E-state index in [2.05, 4.69) is 6.07 Å². The van der Waals surface area contributed by atoms with E-state index in [1.54, 1.807) is 4.90 Å². The van der Waals surface area contributed by atoms with Gasteiger partial charge in [0, 0.05) is 12.2 Å². The highest BCUT2D eigenvalue weighted by Gasteiger charge is 2.35. The second-order valence-electron chi connectivity index (χ2n) is 3.96. The van der Waals surface area contributed by atoms with Crippen LogP contribution in [0, 0.1) is 11.3 Å². The van der Waals surface area contributed by atoms with Crippen LogP contribution in [-0.2, 0) is 4.79 Å². The number of para-hydroxylation sites is 1. The van der Waals surface area contributed by atoms with Crippen LogP contribution in [0.5, 0.6) is 0 Å². The SMILES string of the molecule is CCCN1C(=O)[C@H](CC#N)c2ccccc21. The molecule has 1 heterocycles. The van der Waals surface area contributed by atoms with E-state index in [9.17, 15) is 4.79 Å². The van der Waals surface area contributed by atoms with Gasteiger partial charge in [-0.2, -0.15) is 5.26 Å². The number of hydrogen-bond acceptors (Lipinski definition) is 2. The molecule has 82 valence electrons. The number of carbonyl (C=O) groups excluding carboxylic acids is 1. The average Bonchev–Trinajstić information content (AvgIpc) is 2.56. The zero-order chi connectivity index (χ0) is 11.5. The Balaban J connectivity index is 2.41. The van der Waals surface area contributed by atoms with Gasteiger partial charge in [0.1, 0.15) is 0 Å². The summed E-state index contributed by atoms with van der Waals surface area (Å²) in [5.74, 6) is -0.183. The predicted molar refractivity (Wildman–Crippen MR) is 62.1 cm³/mol. The Bertz CT molecular complexity index is 447. The number of fused-ring (bicyclic) bond motifs is 1. The van der Waals surface area contributed by atoms with Crippen LogP contribution >= 0.6 is 0 Å². The van der Waals surface area contributed by atoms with E-state index < -0.39 is 0 Å². The maximum absolute atomic E-state index is 12.1. The molecule has 0 N–H and O–H groups in total. The maximum atomic E-state index is 12.1. The molecule has 1 atom stereocenters. The molecular formula is C13H14N2O. The number of carbonyl (C=O) groups is 1. The summed E-state index contributed by atoms with van der Waals surface area (Å²) in [5.41, 5.74) is 1.98. The van der Waals surface area contributed by atoms with Gasteiger partial charge in [-0.05, 0) is 18.1 Å². The molecule has 3 heteroatoms. The summed E-state index contributed by atoms with van der Waals surface area (Å²) in [6.07, 6.45) is 1.20. The van der Waals surface area contributed by atoms with Crippen LogP contribution in [0.15, 0.2) is 24.3 Å². The van der Waals surface area contributed by atoms with Gasteiger partial charge in [-0.1, -0.05) is 25.1 Å². The zero-order valence-corrected chi connectivity index (χ0v) is 9.31. The fourth-order valence-electron chi connectivity index (χ4n) is 2.21. The molecule has 1 aromatic rings. The molecule has 1 amide bonds. The molecule has 0 saturated carbocycles. The minimum Gasteiger partial charge on any atom is -0.312 e. The second kappa shape index (κ2) is 4.36. The van der Waals surface area contributed by atoms with Crippen molar-refractivity contribution >= 4 is 11.6 Å². The molecular weight excluding hydrogens is 200 g/mol. The van der Waals surface area contributed by atoms with Gasteiger partial charge in [0.2, 0.25) is 5.91 Å². The standard InChI is InChI=1S/C13H14N2O/c1-2-9-15-12-6-4-3-5-10(12)11(7-8-14)13(15)16/h3-6,11H,2,7,9H2,1H3/t11-/m1/s1. The molecule has 0 aliphatic carbocycles. The summed E-state index contributed by atoms with van der Waals surface area (Å²) < 4.78 is 0. The molecule has 0 fully saturated rings. The number of hydrogen-bond donors (Lipinski definition) is 0. The van der Waals surface area contributed by atoms with Crippen molar-refractivity contribution in [2.75, 3.05) is 11.4 Å². The van der Waals surface area contributed by atoms with Gasteiger partial charge in [0.25, 0.3) is 0 Å². The van der Waals surface area contributed by atoms with Gasteiger partial charge in [-0.15, -0.1) is 0 Å². The van der Waals surface area contributed by atoms with E-state index in [1.165, 1.54) is 0 Å². The molecule has 3 nitrogen and oxygen atoms in total. The van der Waals surface area contributed by atoms with Crippen LogP contribution in [0.1, 0.15) is 31.2 Å². The number of rotatable bonds is 3. The first-order valence-corrected chi connectivity index (χ1v) is 5.56. The van der Waals surface area contributed by atoms with Crippen LogP contribution in [0.3, 0.4) is 0 Å². The molecule has 0 radical (unpaired) electrons. The normalized spacial score (nSPS) is 18.4. The monoisotopic (exact) mass is 214 g/mol. The molecule has 0 aromatic heterocycles. The molecule has 0 saturated heterocycles. The largest absolute Gasteiger partial charge is 0.312 e. The molecule has 0 spiro atoms. The quantitative estimate of drug-likeness (QED) is 0.775. The van der Waals surface area contributed by atoms with E-state index in [4.69, 9.17) is 5.26 Å². The zero-order valence-electron chi connectivity index (χ0n) is 9.31. The lowest BCUT2D eigenvalue weighted by molar-refractivity contribution is -0.119. The number of nitrogens with zero attached hydrogens (tertiary/aromatic N) is 2. The van der Waals surface area contributed by atoms with Crippen molar-refractivity contribution in [1.82, 2.24) is 0 Å². The number of benzene rings is 1. The first kappa shape index (κ1) is 10.7. The lowest BCUT2D eigenvalue weighted by atomic mass is 9.98. The summed E-state index contributed by atoms with van der Waals surface area (Å²) in [5, 5.41) is 8.77. The highest BCUT2D eigenvalue weighted by atomic mass is 16.2. The fourth-order valence-corrected chi connectivity index (χ4v) is 2.21. The molecule has 1 aromatic carbocycles. The van der Waals surface area contributed by atoms with E-state index in [1.807, 2.05) is 31.2 Å². The Morgan fingerprint density at radius 3 is 2.88 bits per heavy atom. The van der Waals surface area contributed by atoms with Gasteiger partial charge >= 0.3 is 0 Å². The van der Waals surface area contributed by atoms with Crippen LogP contribution in [-0.4, -0.2) is 12.5 Å². The summed E-state index contributed by atoms with van der Waals surface area (Å²) >= 11 is 0.